The molecule has 4 heteroatoms. The van der Waals surface area contributed by atoms with E-state index in [4.69, 9.17) is 5.26 Å². The van der Waals surface area contributed by atoms with E-state index in [0.717, 1.165) is 12.0 Å². The third-order valence-electron chi connectivity index (χ3n) is 2.66. The first-order chi connectivity index (χ1) is 8.22. The van der Waals surface area contributed by atoms with Crippen molar-refractivity contribution in [2.45, 2.75) is 19.9 Å². The zero-order valence-corrected chi connectivity index (χ0v) is 10.3. The van der Waals surface area contributed by atoms with Gasteiger partial charge in [-0.3, -0.25) is 4.79 Å². The van der Waals surface area contributed by atoms with E-state index in [-0.39, 0.29) is 11.1 Å². The van der Waals surface area contributed by atoms with Crippen molar-refractivity contribution < 1.29 is 0 Å². The van der Waals surface area contributed by atoms with E-state index in [9.17, 15) is 4.79 Å². The van der Waals surface area contributed by atoms with Crippen molar-refractivity contribution in [1.29, 1.82) is 5.26 Å². The normalized spacial score (nSPS) is 10.1. The Bertz CT molecular complexity index is 605. The van der Waals surface area contributed by atoms with Crippen molar-refractivity contribution in [2.24, 2.45) is 0 Å². The van der Waals surface area contributed by atoms with Gasteiger partial charge in [0.2, 0.25) is 0 Å². The topological polar surface area (TPSA) is 45.8 Å². The fourth-order valence-corrected chi connectivity index (χ4v) is 2.36. The van der Waals surface area contributed by atoms with Crippen molar-refractivity contribution in [3.8, 4) is 6.07 Å². The fraction of sp³-hybridized carbons (Fsp3) is 0.231. The van der Waals surface area contributed by atoms with Gasteiger partial charge in [0.05, 0.1) is 0 Å². The number of aromatic nitrogens is 1. The van der Waals surface area contributed by atoms with Crippen LogP contribution in [0.4, 0.5) is 0 Å². The Morgan fingerprint density at radius 1 is 1.47 bits per heavy atom. The van der Waals surface area contributed by atoms with Crippen LogP contribution in [0.25, 0.3) is 0 Å². The second kappa shape index (κ2) is 4.98. The van der Waals surface area contributed by atoms with Gasteiger partial charge in [-0.05, 0) is 36.4 Å². The lowest BCUT2D eigenvalue weighted by Crippen LogP contribution is -2.23. The highest BCUT2D eigenvalue weighted by Crippen LogP contribution is 2.10. The maximum Gasteiger partial charge on any atom is 0.268 e. The van der Waals surface area contributed by atoms with Crippen LogP contribution >= 0.6 is 11.3 Å². The fourth-order valence-electron chi connectivity index (χ4n) is 1.66. The van der Waals surface area contributed by atoms with E-state index in [1.807, 2.05) is 23.6 Å². The van der Waals surface area contributed by atoms with Gasteiger partial charge >= 0.3 is 0 Å². The smallest absolute Gasteiger partial charge is 0.268 e. The summed E-state index contributed by atoms with van der Waals surface area (Å²) in [4.78, 5) is 13.2. The number of rotatable bonds is 3. The molecule has 0 fully saturated rings. The standard InChI is InChI=1S/C13H12N2OS/c1-10-4-6-15(13(16)12(10)9-14)7-5-11-3-2-8-17-11/h2-4,6,8H,5,7H2,1H3. The molecule has 86 valence electrons. The van der Waals surface area contributed by atoms with E-state index in [0.29, 0.717) is 6.54 Å². The number of pyridine rings is 1. The van der Waals surface area contributed by atoms with Crippen LogP contribution in [0.2, 0.25) is 0 Å². The highest BCUT2D eigenvalue weighted by molar-refractivity contribution is 7.09. The highest BCUT2D eigenvalue weighted by atomic mass is 32.1. The van der Waals surface area contributed by atoms with E-state index in [1.165, 1.54) is 4.88 Å². The SMILES string of the molecule is Cc1ccn(CCc2cccs2)c(=O)c1C#N. The maximum absolute atomic E-state index is 11.9. The van der Waals surface area contributed by atoms with E-state index in [1.54, 1.807) is 29.0 Å². The third kappa shape index (κ3) is 2.45. The average molecular weight is 244 g/mol. The molecule has 0 aliphatic heterocycles. The van der Waals surface area contributed by atoms with Crippen molar-refractivity contribution in [2.75, 3.05) is 0 Å². The molecule has 3 nitrogen and oxygen atoms in total. The predicted molar refractivity (Wildman–Crippen MR) is 68.2 cm³/mol. The first-order valence-electron chi connectivity index (χ1n) is 5.35. The van der Waals surface area contributed by atoms with Gasteiger partial charge in [0.25, 0.3) is 5.56 Å². The van der Waals surface area contributed by atoms with Gasteiger partial charge < -0.3 is 4.57 Å². The molecule has 0 atom stereocenters. The predicted octanol–water partition coefficient (Wildman–Crippen LogP) is 2.33. The number of hydrogen-bond donors (Lipinski definition) is 0. The summed E-state index contributed by atoms with van der Waals surface area (Å²) in [5.74, 6) is 0. The molecule has 2 rings (SSSR count). The minimum atomic E-state index is -0.191. The molecule has 0 aromatic carbocycles. The summed E-state index contributed by atoms with van der Waals surface area (Å²) in [6.07, 6.45) is 2.58. The average Bonchev–Trinajstić information content (AvgIpc) is 2.82. The van der Waals surface area contributed by atoms with Gasteiger partial charge in [-0.1, -0.05) is 6.07 Å². The van der Waals surface area contributed by atoms with Gasteiger partial charge in [0.15, 0.2) is 0 Å². The number of thiophene rings is 1. The molecule has 0 aliphatic carbocycles. The van der Waals surface area contributed by atoms with Gasteiger partial charge in [0, 0.05) is 17.6 Å². The van der Waals surface area contributed by atoms with Crippen LogP contribution < -0.4 is 5.56 Å². The molecule has 0 aliphatic rings. The molecule has 0 saturated heterocycles. The van der Waals surface area contributed by atoms with Crippen LogP contribution in [-0.2, 0) is 13.0 Å². The molecule has 0 bridgehead atoms. The summed E-state index contributed by atoms with van der Waals surface area (Å²) in [5.41, 5.74) is 0.799. The molecule has 0 N–H and O–H groups in total. The Hall–Kier alpha value is -1.86. The van der Waals surface area contributed by atoms with E-state index in [2.05, 4.69) is 6.07 Å². The molecule has 0 radical (unpaired) electrons. The monoisotopic (exact) mass is 244 g/mol. The molecular formula is C13H12N2OS. The Kier molecular flexibility index (Phi) is 3.40. The Morgan fingerprint density at radius 3 is 2.94 bits per heavy atom. The molecule has 0 saturated carbocycles. The minimum absolute atomic E-state index is 0.191. The summed E-state index contributed by atoms with van der Waals surface area (Å²) in [7, 11) is 0. The van der Waals surface area contributed by atoms with Crippen molar-refractivity contribution >= 4 is 11.3 Å². The van der Waals surface area contributed by atoms with Crippen LogP contribution in [0.15, 0.2) is 34.6 Å². The molecule has 2 aromatic rings. The van der Waals surface area contributed by atoms with E-state index < -0.39 is 0 Å². The summed E-state index contributed by atoms with van der Waals surface area (Å²) in [5, 5.41) is 10.9. The second-order valence-electron chi connectivity index (χ2n) is 3.81. The zero-order valence-electron chi connectivity index (χ0n) is 9.51. The van der Waals surface area contributed by atoms with Gasteiger partial charge in [-0.2, -0.15) is 5.26 Å². The van der Waals surface area contributed by atoms with Crippen LogP contribution in [-0.4, -0.2) is 4.57 Å². The number of aryl methyl sites for hydroxylation is 3. The number of hydrogen-bond acceptors (Lipinski definition) is 3. The number of nitrogens with zero attached hydrogens (tertiary/aromatic N) is 2. The zero-order chi connectivity index (χ0) is 12.3. The first-order valence-corrected chi connectivity index (χ1v) is 6.23. The van der Waals surface area contributed by atoms with Crippen molar-refractivity contribution in [1.82, 2.24) is 4.57 Å². The van der Waals surface area contributed by atoms with Crippen molar-refractivity contribution in [3.05, 3.63) is 56.1 Å². The molecule has 0 unspecified atom stereocenters. The van der Waals surface area contributed by atoms with Crippen LogP contribution in [0.5, 0.6) is 0 Å². The maximum atomic E-state index is 11.9. The molecule has 0 spiro atoms. The lowest BCUT2D eigenvalue weighted by Gasteiger charge is -2.06. The lowest BCUT2D eigenvalue weighted by atomic mass is 10.2. The molecular weight excluding hydrogens is 232 g/mol. The van der Waals surface area contributed by atoms with Gasteiger partial charge in [-0.25, -0.2) is 0 Å². The minimum Gasteiger partial charge on any atom is -0.314 e. The Labute approximate surface area is 104 Å². The Morgan fingerprint density at radius 2 is 2.29 bits per heavy atom. The van der Waals surface area contributed by atoms with E-state index >= 15 is 0 Å². The number of nitriles is 1. The summed E-state index contributed by atoms with van der Waals surface area (Å²) >= 11 is 1.68. The third-order valence-corrected chi connectivity index (χ3v) is 3.60. The summed E-state index contributed by atoms with van der Waals surface area (Å²) < 4.78 is 1.60. The summed E-state index contributed by atoms with van der Waals surface area (Å²) in [6, 6.07) is 7.83. The summed E-state index contributed by atoms with van der Waals surface area (Å²) in [6.45, 7) is 2.40. The van der Waals surface area contributed by atoms with Gasteiger partial charge in [-0.15, -0.1) is 11.3 Å². The van der Waals surface area contributed by atoms with Crippen molar-refractivity contribution in [3.63, 3.8) is 0 Å². The van der Waals surface area contributed by atoms with Gasteiger partial charge in [0.1, 0.15) is 11.6 Å². The molecule has 2 heterocycles. The quantitative estimate of drug-likeness (QED) is 0.832. The molecule has 0 amide bonds. The van der Waals surface area contributed by atoms with Crippen LogP contribution in [0.3, 0.4) is 0 Å². The first kappa shape index (κ1) is 11.6. The highest BCUT2D eigenvalue weighted by Gasteiger charge is 2.06. The van der Waals surface area contributed by atoms with Crippen LogP contribution in [0.1, 0.15) is 16.0 Å². The lowest BCUT2D eigenvalue weighted by molar-refractivity contribution is 0.671. The molecule has 17 heavy (non-hydrogen) atoms. The second-order valence-corrected chi connectivity index (χ2v) is 4.85. The molecule has 2 aromatic heterocycles. The van der Waals surface area contributed by atoms with Crippen LogP contribution in [0, 0.1) is 18.3 Å². The Balaban J connectivity index is 2.23. The largest absolute Gasteiger partial charge is 0.314 e.